The zero-order chi connectivity index (χ0) is 22.7. The van der Waals surface area contributed by atoms with E-state index in [2.05, 4.69) is 138 Å². The molecule has 168 valence electrons. The number of nitrogens with zero attached hydrogens (tertiary/aromatic N) is 1. The van der Waals surface area contributed by atoms with Crippen molar-refractivity contribution in [3.63, 3.8) is 0 Å². The molecule has 2 nitrogen and oxygen atoms in total. The third-order valence-electron chi connectivity index (χ3n) is 6.26. The highest BCUT2D eigenvalue weighted by Crippen LogP contribution is 2.20. The van der Waals surface area contributed by atoms with Crippen molar-refractivity contribution in [3.05, 3.63) is 144 Å². The Hall–Kier alpha value is -3.20. The SMILES string of the molecule is C[C@@H](NCc1ccccc1)[C@H](Cc1ccccc1)N(Cc1ccccc1)Cc1ccccc1. The van der Waals surface area contributed by atoms with Crippen LogP contribution in [-0.2, 0) is 26.1 Å². The minimum absolute atomic E-state index is 0.317. The van der Waals surface area contributed by atoms with Crippen LogP contribution in [0.3, 0.4) is 0 Å². The Morgan fingerprint density at radius 1 is 0.545 bits per heavy atom. The standard InChI is InChI=1S/C31H34N2/c1-26(32-23-28-16-8-3-9-17-28)31(22-27-14-6-2-7-15-27)33(24-29-18-10-4-11-19-29)25-30-20-12-5-13-21-30/h2-21,26,31-32H,22-25H2,1H3/t26-,31+/m1/s1. The normalized spacial score (nSPS) is 13.0. The predicted molar refractivity (Wildman–Crippen MR) is 139 cm³/mol. The van der Waals surface area contributed by atoms with Crippen molar-refractivity contribution in [1.29, 1.82) is 0 Å². The van der Waals surface area contributed by atoms with Crippen LogP contribution in [0.1, 0.15) is 29.2 Å². The van der Waals surface area contributed by atoms with Crippen LogP contribution >= 0.6 is 0 Å². The molecule has 0 aliphatic carbocycles. The monoisotopic (exact) mass is 434 g/mol. The fourth-order valence-electron chi connectivity index (χ4n) is 4.41. The molecule has 0 aliphatic heterocycles. The van der Waals surface area contributed by atoms with Crippen LogP contribution in [0.15, 0.2) is 121 Å². The van der Waals surface area contributed by atoms with Gasteiger partial charge in [0.1, 0.15) is 0 Å². The summed E-state index contributed by atoms with van der Waals surface area (Å²) in [6.45, 7) is 5.05. The zero-order valence-electron chi connectivity index (χ0n) is 19.5. The molecule has 0 aliphatic rings. The van der Waals surface area contributed by atoms with Crippen LogP contribution < -0.4 is 5.32 Å². The third kappa shape index (κ3) is 7.15. The summed E-state index contributed by atoms with van der Waals surface area (Å²) in [6.07, 6.45) is 1.00. The molecule has 4 aromatic carbocycles. The van der Waals surface area contributed by atoms with Gasteiger partial charge < -0.3 is 5.32 Å². The molecule has 4 aromatic rings. The first-order valence-corrected chi connectivity index (χ1v) is 11.9. The van der Waals surface area contributed by atoms with Crippen molar-refractivity contribution < 1.29 is 0 Å². The van der Waals surface area contributed by atoms with Gasteiger partial charge in [-0.3, -0.25) is 4.90 Å². The molecule has 0 aromatic heterocycles. The maximum atomic E-state index is 3.83. The molecule has 0 unspecified atom stereocenters. The first-order chi connectivity index (χ1) is 16.3. The second kappa shape index (κ2) is 12.2. The lowest BCUT2D eigenvalue weighted by Crippen LogP contribution is -2.49. The van der Waals surface area contributed by atoms with Gasteiger partial charge in [0, 0.05) is 31.7 Å². The molecule has 1 N–H and O–H groups in total. The second-order valence-electron chi connectivity index (χ2n) is 8.79. The van der Waals surface area contributed by atoms with Gasteiger partial charge >= 0.3 is 0 Å². The molecule has 0 bridgehead atoms. The summed E-state index contributed by atoms with van der Waals surface area (Å²) < 4.78 is 0. The third-order valence-corrected chi connectivity index (χ3v) is 6.26. The van der Waals surface area contributed by atoms with Crippen LogP contribution in [0.2, 0.25) is 0 Å². The number of rotatable bonds is 11. The van der Waals surface area contributed by atoms with Crippen LogP contribution in [0.25, 0.3) is 0 Å². The minimum Gasteiger partial charge on any atom is -0.309 e. The summed E-state index contributed by atoms with van der Waals surface area (Å²) in [5.41, 5.74) is 5.39. The van der Waals surface area contributed by atoms with Crippen molar-refractivity contribution in [2.45, 2.75) is 45.1 Å². The first-order valence-electron chi connectivity index (χ1n) is 11.9. The highest BCUT2D eigenvalue weighted by molar-refractivity contribution is 5.20. The highest BCUT2D eigenvalue weighted by atomic mass is 15.2. The lowest BCUT2D eigenvalue weighted by Gasteiger charge is -2.37. The Morgan fingerprint density at radius 3 is 1.39 bits per heavy atom. The minimum atomic E-state index is 0.317. The highest BCUT2D eigenvalue weighted by Gasteiger charge is 2.25. The molecule has 0 saturated carbocycles. The van der Waals surface area contributed by atoms with E-state index in [1.807, 2.05) is 0 Å². The molecule has 0 radical (unpaired) electrons. The van der Waals surface area contributed by atoms with Crippen molar-refractivity contribution in [2.75, 3.05) is 0 Å². The summed E-state index contributed by atoms with van der Waals surface area (Å²) in [5, 5.41) is 3.83. The van der Waals surface area contributed by atoms with Gasteiger partial charge in [0.2, 0.25) is 0 Å². The molecule has 33 heavy (non-hydrogen) atoms. The van der Waals surface area contributed by atoms with Crippen molar-refractivity contribution in [2.24, 2.45) is 0 Å². The summed E-state index contributed by atoms with van der Waals surface area (Å²) in [7, 11) is 0. The van der Waals surface area contributed by atoms with Gasteiger partial charge in [-0.05, 0) is 35.6 Å². The molecule has 4 rings (SSSR count). The van der Waals surface area contributed by atoms with Gasteiger partial charge in [-0.2, -0.15) is 0 Å². The number of benzene rings is 4. The van der Waals surface area contributed by atoms with Gasteiger partial charge in [0.25, 0.3) is 0 Å². The average Bonchev–Trinajstić information content (AvgIpc) is 2.88. The van der Waals surface area contributed by atoms with E-state index in [-0.39, 0.29) is 0 Å². The van der Waals surface area contributed by atoms with Gasteiger partial charge in [-0.1, -0.05) is 121 Å². The van der Waals surface area contributed by atoms with Gasteiger partial charge in [-0.15, -0.1) is 0 Å². The van der Waals surface area contributed by atoms with Gasteiger partial charge in [0.15, 0.2) is 0 Å². The molecular weight excluding hydrogens is 400 g/mol. The number of hydrogen-bond donors (Lipinski definition) is 1. The summed E-state index contributed by atoms with van der Waals surface area (Å²) in [5.74, 6) is 0. The molecule has 0 heterocycles. The van der Waals surface area contributed by atoms with E-state index in [1.54, 1.807) is 0 Å². The number of hydrogen-bond acceptors (Lipinski definition) is 2. The van der Waals surface area contributed by atoms with Crippen molar-refractivity contribution in [3.8, 4) is 0 Å². The molecular formula is C31H34N2. The van der Waals surface area contributed by atoms with Crippen LogP contribution in [0.4, 0.5) is 0 Å². The fourth-order valence-corrected chi connectivity index (χ4v) is 4.41. The van der Waals surface area contributed by atoms with E-state index < -0.39 is 0 Å². The Morgan fingerprint density at radius 2 is 0.939 bits per heavy atom. The maximum Gasteiger partial charge on any atom is 0.0294 e. The topological polar surface area (TPSA) is 15.3 Å². The molecule has 2 heteroatoms. The Bertz CT molecular complexity index is 1010. The van der Waals surface area contributed by atoms with Crippen LogP contribution in [0, 0.1) is 0 Å². The molecule has 0 amide bonds. The quantitative estimate of drug-likeness (QED) is 0.291. The van der Waals surface area contributed by atoms with E-state index in [0.717, 1.165) is 26.1 Å². The van der Waals surface area contributed by atoms with Gasteiger partial charge in [-0.25, -0.2) is 0 Å². The summed E-state index contributed by atoms with van der Waals surface area (Å²) in [6, 6.07) is 43.9. The maximum absolute atomic E-state index is 3.83. The fraction of sp³-hybridized carbons (Fsp3) is 0.226. The predicted octanol–water partition coefficient (Wildman–Crippen LogP) is 6.48. The largest absolute Gasteiger partial charge is 0.309 e. The van der Waals surface area contributed by atoms with Gasteiger partial charge in [0.05, 0.1) is 0 Å². The van der Waals surface area contributed by atoms with E-state index >= 15 is 0 Å². The Kier molecular flexibility index (Phi) is 8.46. The molecule has 0 saturated heterocycles. The molecule has 0 spiro atoms. The van der Waals surface area contributed by atoms with E-state index in [0.29, 0.717) is 12.1 Å². The Balaban J connectivity index is 1.60. The lowest BCUT2D eigenvalue weighted by molar-refractivity contribution is 0.143. The lowest BCUT2D eigenvalue weighted by atomic mass is 9.97. The van der Waals surface area contributed by atoms with Crippen molar-refractivity contribution >= 4 is 0 Å². The zero-order valence-corrected chi connectivity index (χ0v) is 19.5. The molecule has 0 fully saturated rings. The van der Waals surface area contributed by atoms with Crippen molar-refractivity contribution in [1.82, 2.24) is 10.2 Å². The second-order valence-corrected chi connectivity index (χ2v) is 8.79. The average molecular weight is 435 g/mol. The summed E-state index contributed by atoms with van der Waals surface area (Å²) >= 11 is 0. The number of nitrogens with one attached hydrogen (secondary N) is 1. The van der Waals surface area contributed by atoms with E-state index in [1.165, 1.54) is 22.3 Å². The van der Waals surface area contributed by atoms with Crippen LogP contribution in [0.5, 0.6) is 0 Å². The Labute approximate surface area is 198 Å². The van der Waals surface area contributed by atoms with E-state index in [9.17, 15) is 0 Å². The van der Waals surface area contributed by atoms with E-state index in [4.69, 9.17) is 0 Å². The first kappa shape index (κ1) is 23.0. The summed E-state index contributed by atoms with van der Waals surface area (Å²) in [4.78, 5) is 2.64. The smallest absolute Gasteiger partial charge is 0.0294 e. The molecule has 2 atom stereocenters. The van der Waals surface area contributed by atoms with Crippen LogP contribution in [-0.4, -0.2) is 17.0 Å².